The average molecular weight is 272 g/mol. The maximum Gasteiger partial charge on any atom is 0.461 e. The first-order chi connectivity index (χ1) is 8.16. The molecule has 0 saturated carbocycles. The lowest BCUT2D eigenvalue weighted by Gasteiger charge is -2.18. The number of halogens is 5. The fourth-order valence-corrected chi connectivity index (χ4v) is 1.26. The lowest BCUT2D eigenvalue weighted by atomic mass is 10.1. The summed E-state index contributed by atoms with van der Waals surface area (Å²) in [7, 11) is 1.04. The van der Waals surface area contributed by atoms with Gasteiger partial charge in [-0.3, -0.25) is 9.48 Å². The zero-order chi connectivity index (χ0) is 14.1. The molecule has 1 heterocycles. The first-order valence-electron chi connectivity index (χ1n) is 4.76. The second-order valence-electron chi connectivity index (χ2n) is 3.28. The minimum absolute atomic E-state index is 0.0433. The first-order valence-corrected chi connectivity index (χ1v) is 4.76. The molecule has 0 aliphatic carbocycles. The van der Waals surface area contributed by atoms with Gasteiger partial charge < -0.3 is 4.74 Å². The van der Waals surface area contributed by atoms with Gasteiger partial charge in [0.15, 0.2) is 11.4 Å². The summed E-state index contributed by atoms with van der Waals surface area (Å²) in [6.45, 7) is 1.40. The van der Waals surface area contributed by atoms with Gasteiger partial charge in [-0.05, 0) is 6.92 Å². The Morgan fingerprint density at radius 1 is 1.39 bits per heavy atom. The molecule has 1 aromatic heterocycles. The summed E-state index contributed by atoms with van der Waals surface area (Å²) in [4.78, 5) is 11.3. The number of hydrogen-bond acceptors (Lipinski definition) is 3. The van der Waals surface area contributed by atoms with E-state index in [-0.39, 0.29) is 6.54 Å². The van der Waals surface area contributed by atoms with Crippen molar-refractivity contribution in [1.29, 1.82) is 0 Å². The van der Waals surface area contributed by atoms with Crippen LogP contribution in [0.25, 0.3) is 0 Å². The van der Waals surface area contributed by atoms with Gasteiger partial charge in [0.25, 0.3) is 5.78 Å². The quantitative estimate of drug-likeness (QED) is 0.624. The van der Waals surface area contributed by atoms with Crippen LogP contribution in [0, 0.1) is 0 Å². The average Bonchev–Trinajstić information content (AvgIpc) is 2.68. The van der Waals surface area contributed by atoms with Crippen molar-refractivity contribution < 1.29 is 31.5 Å². The van der Waals surface area contributed by atoms with Crippen molar-refractivity contribution in [2.75, 3.05) is 7.11 Å². The Morgan fingerprint density at radius 3 is 2.33 bits per heavy atom. The molecule has 0 saturated heterocycles. The molecule has 0 atom stereocenters. The number of alkyl halides is 5. The summed E-state index contributed by atoms with van der Waals surface area (Å²) in [5.74, 6) is -8.29. The van der Waals surface area contributed by atoms with Crippen LogP contribution in [0.4, 0.5) is 22.0 Å². The van der Waals surface area contributed by atoms with Crippen molar-refractivity contribution in [2.24, 2.45) is 0 Å². The fraction of sp³-hybridized carbons (Fsp3) is 0.556. The third kappa shape index (κ3) is 2.16. The SMILES string of the molecule is CCn1ncc(OC)c1C(=O)C(F)(F)C(F)(F)F. The number of carbonyl (C=O) groups excluding carboxylic acids is 1. The van der Waals surface area contributed by atoms with Crippen molar-refractivity contribution >= 4 is 5.78 Å². The normalized spacial score (nSPS) is 12.6. The van der Waals surface area contributed by atoms with Crippen molar-refractivity contribution in [2.45, 2.75) is 25.6 Å². The summed E-state index contributed by atoms with van der Waals surface area (Å²) in [5, 5.41) is 3.49. The van der Waals surface area contributed by atoms with E-state index in [1.807, 2.05) is 0 Å². The van der Waals surface area contributed by atoms with Crippen LogP contribution < -0.4 is 4.74 Å². The van der Waals surface area contributed by atoms with Gasteiger partial charge in [0.2, 0.25) is 0 Å². The molecular formula is C9H9F5N2O2. The molecule has 0 unspecified atom stereocenters. The second kappa shape index (κ2) is 4.54. The highest BCUT2D eigenvalue weighted by Crippen LogP contribution is 2.39. The number of nitrogens with zero attached hydrogens (tertiary/aromatic N) is 2. The maximum absolute atomic E-state index is 12.9. The molecule has 0 fully saturated rings. The Bertz CT molecular complexity index is 431. The molecule has 102 valence electrons. The van der Waals surface area contributed by atoms with E-state index < -0.39 is 29.3 Å². The highest BCUT2D eigenvalue weighted by molar-refractivity contribution is 6.02. The number of ketones is 1. The summed E-state index contributed by atoms with van der Waals surface area (Å²) in [6.07, 6.45) is -5.05. The molecule has 1 aromatic rings. The highest BCUT2D eigenvalue weighted by Gasteiger charge is 2.64. The van der Waals surface area contributed by atoms with Crippen LogP contribution >= 0.6 is 0 Å². The molecule has 4 nitrogen and oxygen atoms in total. The number of rotatable bonds is 4. The number of methoxy groups -OCH3 is 1. The number of hydrogen-bond donors (Lipinski definition) is 0. The molecule has 18 heavy (non-hydrogen) atoms. The van der Waals surface area contributed by atoms with E-state index >= 15 is 0 Å². The zero-order valence-electron chi connectivity index (χ0n) is 9.39. The minimum Gasteiger partial charge on any atom is -0.493 e. The van der Waals surface area contributed by atoms with E-state index in [1.54, 1.807) is 0 Å². The molecule has 0 N–H and O–H groups in total. The van der Waals surface area contributed by atoms with Crippen LogP contribution in [0.2, 0.25) is 0 Å². The van der Waals surface area contributed by atoms with Crippen molar-refractivity contribution in [3.05, 3.63) is 11.9 Å². The van der Waals surface area contributed by atoms with Gasteiger partial charge >= 0.3 is 12.1 Å². The van der Waals surface area contributed by atoms with Gasteiger partial charge in [-0.25, -0.2) is 0 Å². The molecule has 1 rings (SSSR count). The van der Waals surface area contributed by atoms with E-state index in [9.17, 15) is 26.7 Å². The molecule has 0 bridgehead atoms. The predicted octanol–water partition coefficient (Wildman–Crippen LogP) is 2.29. The topological polar surface area (TPSA) is 44.1 Å². The molecule has 0 aliphatic heterocycles. The first kappa shape index (κ1) is 14.4. The van der Waals surface area contributed by atoms with Gasteiger partial charge in [-0.15, -0.1) is 0 Å². The van der Waals surface area contributed by atoms with Crippen LogP contribution in [-0.4, -0.2) is 34.8 Å². The van der Waals surface area contributed by atoms with Crippen LogP contribution in [0.1, 0.15) is 17.4 Å². The van der Waals surface area contributed by atoms with E-state index in [2.05, 4.69) is 9.84 Å². The number of aryl methyl sites for hydroxylation is 1. The second-order valence-corrected chi connectivity index (χ2v) is 3.28. The van der Waals surface area contributed by atoms with Crippen LogP contribution in [0.15, 0.2) is 6.20 Å². The number of carbonyl (C=O) groups is 1. The largest absolute Gasteiger partial charge is 0.493 e. The summed E-state index contributed by atoms with van der Waals surface area (Å²) >= 11 is 0. The smallest absolute Gasteiger partial charge is 0.461 e. The molecule has 0 radical (unpaired) electrons. The van der Waals surface area contributed by atoms with E-state index in [0.717, 1.165) is 18.0 Å². The Hall–Kier alpha value is -1.67. The maximum atomic E-state index is 12.9. The van der Waals surface area contributed by atoms with Crippen molar-refractivity contribution in [1.82, 2.24) is 9.78 Å². The molecule has 0 aromatic carbocycles. The summed E-state index contributed by atoms with van der Waals surface area (Å²) in [5.41, 5.74) is -0.901. The lowest BCUT2D eigenvalue weighted by molar-refractivity contribution is -0.256. The van der Waals surface area contributed by atoms with Crippen molar-refractivity contribution in [3.8, 4) is 5.75 Å². The zero-order valence-corrected chi connectivity index (χ0v) is 9.39. The molecule has 0 aliphatic rings. The Balaban J connectivity index is 3.30. The molecule has 0 amide bonds. The number of Topliss-reactive ketones (excluding diaryl/α,β-unsaturated/α-hetero) is 1. The van der Waals surface area contributed by atoms with Crippen LogP contribution in [0.5, 0.6) is 5.75 Å². The van der Waals surface area contributed by atoms with E-state index in [0.29, 0.717) is 0 Å². The van der Waals surface area contributed by atoms with Gasteiger partial charge in [-0.2, -0.15) is 27.1 Å². The summed E-state index contributed by atoms with van der Waals surface area (Å²) in [6, 6.07) is 0. The molecule has 0 spiro atoms. The number of ether oxygens (including phenoxy) is 1. The van der Waals surface area contributed by atoms with Gasteiger partial charge in [0, 0.05) is 6.54 Å². The van der Waals surface area contributed by atoms with Gasteiger partial charge in [-0.1, -0.05) is 0 Å². The highest BCUT2D eigenvalue weighted by atomic mass is 19.4. The van der Waals surface area contributed by atoms with E-state index in [4.69, 9.17) is 0 Å². The summed E-state index contributed by atoms with van der Waals surface area (Å²) < 4.78 is 67.5. The van der Waals surface area contributed by atoms with E-state index in [1.165, 1.54) is 6.92 Å². The van der Waals surface area contributed by atoms with Crippen molar-refractivity contribution in [3.63, 3.8) is 0 Å². The molecular weight excluding hydrogens is 263 g/mol. The molecule has 9 heteroatoms. The Morgan fingerprint density at radius 2 is 1.94 bits per heavy atom. The Kier molecular flexibility index (Phi) is 3.63. The number of aromatic nitrogens is 2. The minimum atomic E-state index is -5.96. The van der Waals surface area contributed by atoms with Gasteiger partial charge in [0.1, 0.15) is 0 Å². The lowest BCUT2D eigenvalue weighted by Crippen LogP contribution is -2.45. The van der Waals surface area contributed by atoms with Crippen LogP contribution in [-0.2, 0) is 6.54 Å². The van der Waals surface area contributed by atoms with Gasteiger partial charge in [0.05, 0.1) is 13.3 Å². The predicted molar refractivity (Wildman–Crippen MR) is 49.8 cm³/mol. The third-order valence-electron chi connectivity index (χ3n) is 2.18. The fourth-order valence-electron chi connectivity index (χ4n) is 1.26. The van der Waals surface area contributed by atoms with Crippen LogP contribution in [0.3, 0.4) is 0 Å². The Labute approximate surface area is 98.3 Å². The third-order valence-corrected chi connectivity index (χ3v) is 2.18. The monoisotopic (exact) mass is 272 g/mol. The standard InChI is InChI=1S/C9H9F5N2O2/c1-3-16-6(5(18-2)4-15-16)7(17)8(10,11)9(12,13)14/h4H,3H2,1-2H3.